The highest BCUT2D eigenvalue weighted by molar-refractivity contribution is 5.28. The van der Waals surface area contributed by atoms with Gasteiger partial charge in [0.1, 0.15) is 0 Å². The van der Waals surface area contributed by atoms with Crippen LogP contribution in [0.15, 0.2) is 0 Å². The van der Waals surface area contributed by atoms with Gasteiger partial charge in [-0.25, -0.2) is 0 Å². The van der Waals surface area contributed by atoms with Gasteiger partial charge in [-0.15, -0.1) is 0 Å². The van der Waals surface area contributed by atoms with E-state index in [1.807, 2.05) is 0 Å². The van der Waals surface area contributed by atoms with Gasteiger partial charge in [0, 0.05) is 18.9 Å². The van der Waals surface area contributed by atoms with Gasteiger partial charge in [0.2, 0.25) is 0 Å². The molecular formula is C28H48O2. The summed E-state index contributed by atoms with van der Waals surface area (Å²) in [5.74, 6) is 4.68. The molecule has 0 aromatic rings. The van der Waals surface area contributed by atoms with E-state index in [1.165, 1.54) is 64.2 Å². The van der Waals surface area contributed by atoms with E-state index in [9.17, 15) is 5.11 Å². The van der Waals surface area contributed by atoms with Gasteiger partial charge in [0.15, 0.2) is 5.79 Å². The van der Waals surface area contributed by atoms with Crippen LogP contribution in [0, 0.1) is 57.7 Å². The lowest BCUT2D eigenvalue weighted by atomic mass is 9.44. The van der Waals surface area contributed by atoms with Gasteiger partial charge < -0.3 is 9.84 Å². The minimum atomic E-state index is -0.872. The maximum absolute atomic E-state index is 11.9. The topological polar surface area (TPSA) is 29.5 Å². The molecule has 10 atom stereocenters. The van der Waals surface area contributed by atoms with Gasteiger partial charge in [0.05, 0.1) is 0 Å². The number of ether oxygens (including phenoxy) is 1. The predicted molar refractivity (Wildman–Crippen MR) is 123 cm³/mol. The summed E-state index contributed by atoms with van der Waals surface area (Å²) >= 11 is 0. The van der Waals surface area contributed by atoms with Crippen LogP contribution >= 0.6 is 0 Å². The highest BCUT2D eigenvalue weighted by Gasteiger charge is 2.82. The van der Waals surface area contributed by atoms with Crippen LogP contribution in [0.25, 0.3) is 0 Å². The Morgan fingerprint density at radius 2 is 1.70 bits per heavy atom. The zero-order valence-corrected chi connectivity index (χ0v) is 20.7. The molecule has 0 saturated heterocycles. The van der Waals surface area contributed by atoms with Crippen molar-refractivity contribution in [2.45, 2.75) is 111 Å². The van der Waals surface area contributed by atoms with Crippen molar-refractivity contribution in [2.75, 3.05) is 7.11 Å². The molecule has 1 N–H and O–H groups in total. The lowest BCUT2D eigenvalue weighted by molar-refractivity contribution is -0.310. The monoisotopic (exact) mass is 416 g/mol. The van der Waals surface area contributed by atoms with Crippen molar-refractivity contribution in [1.82, 2.24) is 0 Å². The molecule has 5 rings (SSSR count). The average molecular weight is 417 g/mol. The molecule has 2 nitrogen and oxygen atoms in total. The molecule has 0 bridgehead atoms. The van der Waals surface area contributed by atoms with Crippen LogP contribution in [-0.2, 0) is 4.74 Å². The summed E-state index contributed by atoms with van der Waals surface area (Å²) in [6.45, 7) is 12.5. The second-order valence-corrected chi connectivity index (χ2v) is 13.4. The van der Waals surface area contributed by atoms with E-state index in [2.05, 4.69) is 34.6 Å². The molecule has 5 aliphatic rings. The third kappa shape index (κ3) is 2.62. The van der Waals surface area contributed by atoms with Crippen molar-refractivity contribution in [2.24, 2.45) is 57.7 Å². The van der Waals surface area contributed by atoms with Crippen LogP contribution in [0.5, 0.6) is 0 Å². The summed E-state index contributed by atoms with van der Waals surface area (Å²) in [6.07, 6.45) is 14.6. The van der Waals surface area contributed by atoms with Crippen LogP contribution in [0.2, 0.25) is 0 Å². The molecule has 5 fully saturated rings. The van der Waals surface area contributed by atoms with E-state index < -0.39 is 5.79 Å². The van der Waals surface area contributed by atoms with Gasteiger partial charge in [-0.05, 0) is 97.2 Å². The molecule has 5 saturated carbocycles. The molecular weight excluding hydrogens is 368 g/mol. The molecule has 0 heterocycles. The zero-order valence-electron chi connectivity index (χ0n) is 20.7. The summed E-state index contributed by atoms with van der Waals surface area (Å²) in [5, 5.41) is 11.9. The molecule has 5 aliphatic carbocycles. The summed E-state index contributed by atoms with van der Waals surface area (Å²) in [5.41, 5.74) is 0.856. The van der Waals surface area contributed by atoms with Crippen LogP contribution in [0.3, 0.4) is 0 Å². The van der Waals surface area contributed by atoms with E-state index in [0.29, 0.717) is 16.7 Å². The minimum absolute atomic E-state index is 0.0752. The molecule has 0 aromatic carbocycles. The average Bonchev–Trinajstić information content (AvgIpc) is 3.23. The largest absolute Gasteiger partial charge is 0.365 e. The van der Waals surface area contributed by atoms with E-state index >= 15 is 0 Å². The molecule has 1 unspecified atom stereocenters. The Labute approximate surface area is 185 Å². The number of rotatable bonds is 6. The van der Waals surface area contributed by atoms with Crippen molar-refractivity contribution < 1.29 is 9.84 Å². The first-order chi connectivity index (χ1) is 14.1. The molecule has 30 heavy (non-hydrogen) atoms. The van der Waals surface area contributed by atoms with E-state index in [4.69, 9.17) is 4.74 Å². The smallest absolute Gasteiger partial charge is 0.171 e. The summed E-state index contributed by atoms with van der Waals surface area (Å²) in [4.78, 5) is 0. The van der Waals surface area contributed by atoms with Gasteiger partial charge >= 0.3 is 0 Å². The fourth-order valence-corrected chi connectivity index (χ4v) is 10.7. The molecule has 0 aromatic heterocycles. The number of fused-ring (bicyclic) bond motifs is 4. The second-order valence-electron chi connectivity index (χ2n) is 13.4. The lowest BCUT2D eigenvalue weighted by Gasteiger charge is -2.63. The van der Waals surface area contributed by atoms with Gasteiger partial charge in [-0.1, -0.05) is 53.9 Å². The highest BCUT2D eigenvalue weighted by Crippen LogP contribution is 2.84. The third-order valence-electron chi connectivity index (χ3n) is 12.1. The van der Waals surface area contributed by atoms with Gasteiger partial charge in [-0.2, -0.15) is 0 Å². The standard InChI is InChI=1S/C28H48O2/c1-18(2)8-7-9-19(3)22-10-11-23-21-17-28(29,30-6)27-16-20(27)12-15-26(27,5)24(21)13-14-25(22,23)4/h18-24,29H,7-17H2,1-6H3/t19-,20-,21+,22-,23+,24+,25-,26?,27-,28-/m1/s1. The Morgan fingerprint density at radius 1 is 0.933 bits per heavy atom. The molecule has 0 radical (unpaired) electrons. The number of aliphatic hydroxyl groups is 1. The Balaban J connectivity index is 1.39. The molecule has 172 valence electrons. The normalized spacial score (nSPS) is 55.0. The first kappa shape index (κ1) is 21.7. The Kier molecular flexibility index (Phi) is 5.04. The van der Waals surface area contributed by atoms with Crippen LogP contribution in [-0.4, -0.2) is 18.0 Å². The maximum atomic E-state index is 11.9. The van der Waals surface area contributed by atoms with Gasteiger partial charge in [0.25, 0.3) is 0 Å². The fourth-order valence-electron chi connectivity index (χ4n) is 10.7. The van der Waals surface area contributed by atoms with Crippen LogP contribution in [0.1, 0.15) is 105 Å². The lowest BCUT2D eigenvalue weighted by Crippen LogP contribution is -2.62. The van der Waals surface area contributed by atoms with E-state index in [0.717, 1.165) is 41.9 Å². The summed E-state index contributed by atoms with van der Waals surface area (Å²) in [6, 6.07) is 0. The number of hydrogen-bond donors (Lipinski definition) is 1. The first-order valence-corrected chi connectivity index (χ1v) is 13.4. The Hall–Kier alpha value is -0.0800. The van der Waals surface area contributed by atoms with Crippen molar-refractivity contribution in [1.29, 1.82) is 0 Å². The number of methoxy groups -OCH3 is 1. The van der Waals surface area contributed by atoms with Crippen molar-refractivity contribution >= 4 is 0 Å². The summed E-state index contributed by atoms with van der Waals surface area (Å²) in [7, 11) is 1.79. The quantitative estimate of drug-likeness (QED) is 0.470. The third-order valence-corrected chi connectivity index (χ3v) is 12.1. The zero-order chi connectivity index (χ0) is 21.5. The van der Waals surface area contributed by atoms with Crippen LogP contribution < -0.4 is 0 Å². The van der Waals surface area contributed by atoms with Gasteiger partial charge in [-0.3, -0.25) is 0 Å². The second kappa shape index (κ2) is 6.96. The number of hydrogen-bond acceptors (Lipinski definition) is 2. The maximum Gasteiger partial charge on any atom is 0.171 e. The first-order valence-electron chi connectivity index (χ1n) is 13.4. The van der Waals surface area contributed by atoms with Crippen molar-refractivity contribution in [3.63, 3.8) is 0 Å². The summed E-state index contributed by atoms with van der Waals surface area (Å²) < 4.78 is 6.04. The molecule has 0 aliphatic heterocycles. The van der Waals surface area contributed by atoms with Crippen LogP contribution in [0.4, 0.5) is 0 Å². The molecule has 1 spiro atoms. The van der Waals surface area contributed by atoms with Crippen molar-refractivity contribution in [3.8, 4) is 0 Å². The Bertz CT molecular complexity index is 674. The van der Waals surface area contributed by atoms with Crippen molar-refractivity contribution in [3.05, 3.63) is 0 Å². The highest BCUT2D eigenvalue weighted by atomic mass is 16.6. The minimum Gasteiger partial charge on any atom is -0.365 e. The molecule has 2 heteroatoms. The molecule has 0 amide bonds. The van der Waals surface area contributed by atoms with E-state index in [1.54, 1.807) is 7.11 Å². The Morgan fingerprint density at radius 3 is 2.37 bits per heavy atom. The van der Waals surface area contributed by atoms with E-state index in [-0.39, 0.29) is 5.41 Å². The predicted octanol–water partition coefficient (Wildman–Crippen LogP) is 7.05. The SMILES string of the molecule is CO[C@]1(O)C[C@@H]2[C@H](CC[C@]3(C)[C@@H]([C@H](C)CCCC(C)C)CC[C@@H]23)C2(C)CC[C@@H]3C[C@@]321. The fraction of sp³-hybridized carbons (Fsp3) is 1.00.